The minimum atomic E-state index is -4.22. The first-order chi connectivity index (χ1) is 7.83. The summed E-state index contributed by atoms with van der Waals surface area (Å²) in [6.45, 7) is 0. The Morgan fingerprint density at radius 3 is 2.12 bits per heavy atom. The lowest BCUT2D eigenvalue weighted by Gasteiger charge is -2.24. The molecule has 5 heteroatoms. The maximum absolute atomic E-state index is 11.9. The summed E-state index contributed by atoms with van der Waals surface area (Å²) in [5, 5.41) is 10.1. The predicted molar refractivity (Wildman–Crippen MR) is 57.6 cm³/mol. The maximum Gasteiger partial charge on any atom is 0.389 e. The summed E-state index contributed by atoms with van der Waals surface area (Å²) in [5.74, 6) is -0.413. The van der Waals surface area contributed by atoms with Gasteiger partial charge in [0.25, 0.3) is 0 Å². The van der Waals surface area contributed by atoms with E-state index in [1.807, 2.05) is 0 Å². The molecule has 0 aromatic rings. The molecular weight excluding hydrogens is 233 g/mol. The van der Waals surface area contributed by atoms with E-state index >= 15 is 0 Å². The summed E-state index contributed by atoms with van der Waals surface area (Å²) in [4.78, 5) is 11.7. The van der Waals surface area contributed by atoms with Crippen LogP contribution in [0.15, 0.2) is 0 Å². The molecule has 1 N–H and O–H groups in total. The number of Topliss-reactive ketones (excluding diaryl/α,β-unsaturated/α-hetero) is 1. The van der Waals surface area contributed by atoms with Gasteiger partial charge in [-0.3, -0.25) is 4.79 Å². The summed E-state index contributed by atoms with van der Waals surface area (Å²) >= 11 is 0. The van der Waals surface area contributed by atoms with Gasteiger partial charge in [0, 0.05) is 12.8 Å². The Hall–Kier alpha value is -0.580. The molecule has 0 aromatic carbocycles. The van der Waals surface area contributed by atoms with Crippen molar-refractivity contribution in [1.29, 1.82) is 0 Å². The maximum atomic E-state index is 11.9. The molecule has 1 saturated carbocycles. The number of hydrogen-bond acceptors (Lipinski definition) is 2. The Labute approximate surface area is 99.2 Å². The predicted octanol–water partition coefficient (Wildman–Crippen LogP) is 3.37. The van der Waals surface area contributed by atoms with Gasteiger partial charge < -0.3 is 5.11 Å². The summed E-state index contributed by atoms with van der Waals surface area (Å²) in [6.07, 6.45) is -1.23. The SMILES string of the molecule is O=C(CCCC(F)(F)F)C1(O)CCCCCC1. The third-order valence-corrected chi connectivity index (χ3v) is 3.31. The Balaban J connectivity index is 2.39. The molecule has 1 aliphatic rings. The molecule has 0 heterocycles. The zero-order valence-electron chi connectivity index (χ0n) is 9.85. The molecule has 1 rings (SSSR count). The second-order valence-corrected chi connectivity index (χ2v) is 4.84. The van der Waals surface area contributed by atoms with Crippen molar-refractivity contribution in [2.24, 2.45) is 0 Å². The molecule has 100 valence electrons. The highest BCUT2D eigenvalue weighted by molar-refractivity contribution is 5.87. The lowest BCUT2D eigenvalue weighted by atomic mass is 9.87. The molecule has 0 amide bonds. The Bertz CT molecular complexity index is 253. The molecule has 1 aliphatic carbocycles. The van der Waals surface area contributed by atoms with Crippen LogP contribution in [0.1, 0.15) is 57.8 Å². The van der Waals surface area contributed by atoms with Crippen LogP contribution in [0.2, 0.25) is 0 Å². The number of hydrogen-bond donors (Lipinski definition) is 1. The normalized spacial score (nSPS) is 20.9. The van der Waals surface area contributed by atoms with Gasteiger partial charge in [-0.25, -0.2) is 0 Å². The first-order valence-electron chi connectivity index (χ1n) is 6.16. The summed E-state index contributed by atoms with van der Waals surface area (Å²) < 4.78 is 35.8. The number of carbonyl (C=O) groups excluding carboxylic acids is 1. The van der Waals surface area contributed by atoms with Crippen molar-refractivity contribution in [2.75, 3.05) is 0 Å². The highest BCUT2D eigenvalue weighted by Crippen LogP contribution is 2.30. The van der Waals surface area contributed by atoms with E-state index < -0.39 is 24.0 Å². The summed E-state index contributed by atoms with van der Waals surface area (Å²) in [7, 11) is 0. The van der Waals surface area contributed by atoms with E-state index in [0.29, 0.717) is 12.8 Å². The summed E-state index contributed by atoms with van der Waals surface area (Å²) in [6, 6.07) is 0. The molecule has 0 aromatic heterocycles. The average molecular weight is 252 g/mol. The Morgan fingerprint density at radius 1 is 1.12 bits per heavy atom. The Kier molecular flexibility index (Phi) is 4.98. The van der Waals surface area contributed by atoms with Crippen LogP contribution in [-0.4, -0.2) is 22.7 Å². The molecule has 17 heavy (non-hydrogen) atoms. The Morgan fingerprint density at radius 2 is 1.65 bits per heavy atom. The first-order valence-corrected chi connectivity index (χ1v) is 6.16. The van der Waals surface area contributed by atoms with E-state index in [9.17, 15) is 23.1 Å². The number of halogens is 3. The van der Waals surface area contributed by atoms with Crippen molar-refractivity contribution < 1.29 is 23.1 Å². The fraction of sp³-hybridized carbons (Fsp3) is 0.917. The zero-order chi connectivity index (χ0) is 12.9. The number of ketones is 1. The van der Waals surface area contributed by atoms with Crippen LogP contribution in [0, 0.1) is 0 Å². The standard InChI is InChI=1S/C12H19F3O2/c13-12(14,15)9-5-6-10(16)11(17)7-3-1-2-4-8-11/h17H,1-9H2. The number of aliphatic hydroxyl groups is 1. The third-order valence-electron chi connectivity index (χ3n) is 3.31. The molecule has 0 aliphatic heterocycles. The van der Waals surface area contributed by atoms with E-state index in [1.165, 1.54) is 0 Å². The van der Waals surface area contributed by atoms with Crippen molar-refractivity contribution in [3.8, 4) is 0 Å². The van der Waals surface area contributed by atoms with Gasteiger partial charge in [-0.2, -0.15) is 13.2 Å². The fourth-order valence-electron chi connectivity index (χ4n) is 2.27. The molecule has 0 bridgehead atoms. The molecule has 2 nitrogen and oxygen atoms in total. The highest BCUT2D eigenvalue weighted by atomic mass is 19.4. The topological polar surface area (TPSA) is 37.3 Å². The van der Waals surface area contributed by atoms with Crippen LogP contribution < -0.4 is 0 Å². The third kappa shape index (κ3) is 5.06. The molecule has 0 atom stereocenters. The molecule has 0 spiro atoms. The van der Waals surface area contributed by atoms with Crippen LogP contribution in [0.25, 0.3) is 0 Å². The van der Waals surface area contributed by atoms with E-state index in [4.69, 9.17) is 0 Å². The van der Waals surface area contributed by atoms with Crippen molar-refractivity contribution >= 4 is 5.78 Å². The number of rotatable bonds is 4. The number of alkyl halides is 3. The molecular formula is C12H19F3O2. The first kappa shape index (κ1) is 14.5. The van der Waals surface area contributed by atoms with Gasteiger partial charge in [-0.1, -0.05) is 25.7 Å². The average Bonchev–Trinajstić information content (AvgIpc) is 2.42. The van der Waals surface area contributed by atoms with Crippen molar-refractivity contribution in [1.82, 2.24) is 0 Å². The lowest BCUT2D eigenvalue weighted by molar-refractivity contribution is -0.144. The van der Waals surface area contributed by atoms with Crippen molar-refractivity contribution in [2.45, 2.75) is 69.6 Å². The number of carbonyl (C=O) groups is 1. The van der Waals surface area contributed by atoms with Gasteiger partial charge in [-0.05, 0) is 19.3 Å². The van der Waals surface area contributed by atoms with Crippen LogP contribution >= 0.6 is 0 Å². The minimum Gasteiger partial charge on any atom is -0.382 e. The van der Waals surface area contributed by atoms with Gasteiger partial charge >= 0.3 is 6.18 Å². The minimum absolute atomic E-state index is 0.171. The van der Waals surface area contributed by atoms with E-state index in [0.717, 1.165) is 25.7 Å². The quantitative estimate of drug-likeness (QED) is 0.779. The van der Waals surface area contributed by atoms with E-state index in [1.54, 1.807) is 0 Å². The van der Waals surface area contributed by atoms with Crippen LogP contribution in [0.3, 0.4) is 0 Å². The van der Waals surface area contributed by atoms with Gasteiger partial charge in [-0.15, -0.1) is 0 Å². The second-order valence-electron chi connectivity index (χ2n) is 4.84. The fourth-order valence-corrected chi connectivity index (χ4v) is 2.27. The molecule has 1 fully saturated rings. The van der Waals surface area contributed by atoms with Crippen LogP contribution in [0.5, 0.6) is 0 Å². The van der Waals surface area contributed by atoms with E-state index in [-0.39, 0.29) is 12.8 Å². The summed E-state index contributed by atoms with van der Waals surface area (Å²) in [5.41, 5.74) is -1.36. The van der Waals surface area contributed by atoms with Crippen molar-refractivity contribution in [3.63, 3.8) is 0 Å². The van der Waals surface area contributed by atoms with Crippen LogP contribution in [0.4, 0.5) is 13.2 Å². The zero-order valence-corrected chi connectivity index (χ0v) is 9.85. The monoisotopic (exact) mass is 252 g/mol. The van der Waals surface area contributed by atoms with Gasteiger partial charge in [0.2, 0.25) is 0 Å². The van der Waals surface area contributed by atoms with Gasteiger partial charge in [0.05, 0.1) is 0 Å². The van der Waals surface area contributed by atoms with Crippen LogP contribution in [-0.2, 0) is 4.79 Å². The molecule has 0 saturated heterocycles. The second kappa shape index (κ2) is 5.85. The molecule has 0 unspecified atom stereocenters. The van der Waals surface area contributed by atoms with Gasteiger partial charge in [0.1, 0.15) is 5.60 Å². The lowest BCUT2D eigenvalue weighted by Crippen LogP contribution is -2.38. The van der Waals surface area contributed by atoms with Crippen molar-refractivity contribution in [3.05, 3.63) is 0 Å². The smallest absolute Gasteiger partial charge is 0.382 e. The highest BCUT2D eigenvalue weighted by Gasteiger charge is 2.36. The van der Waals surface area contributed by atoms with Gasteiger partial charge in [0.15, 0.2) is 5.78 Å². The largest absolute Gasteiger partial charge is 0.389 e. The molecule has 0 radical (unpaired) electrons. The van der Waals surface area contributed by atoms with E-state index in [2.05, 4.69) is 0 Å².